The van der Waals surface area contributed by atoms with E-state index in [2.05, 4.69) is 17.3 Å². The quantitative estimate of drug-likeness (QED) is 0.774. The SMILES string of the molecule is O=NCCC1OC2(CCCCC2)OC1Cc1ccccc1. The molecule has 1 saturated heterocycles. The van der Waals surface area contributed by atoms with Crippen LogP contribution in [-0.2, 0) is 15.9 Å². The Balaban J connectivity index is 1.70. The number of hydrogen-bond donors (Lipinski definition) is 0. The molecule has 3 rings (SSSR count). The van der Waals surface area contributed by atoms with Gasteiger partial charge in [0.2, 0.25) is 0 Å². The highest BCUT2D eigenvalue weighted by Gasteiger charge is 2.47. The molecule has 1 aromatic carbocycles. The Kier molecular flexibility index (Phi) is 4.66. The van der Waals surface area contributed by atoms with Crippen molar-refractivity contribution in [2.45, 2.75) is 62.9 Å². The third kappa shape index (κ3) is 3.50. The second-order valence-electron chi connectivity index (χ2n) is 6.12. The lowest BCUT2D eigenvalue weighted by atomic mass is 9.94. The number of benzene rings is 1. The van der Waals surface area contributed by atoms with Gasteiger partial charge >= 0.3 is 0 Å². The van der Waals surface area contributed by atoms with Crippen LogP contribution >= 0.6 is 0 Å². The zero-order valence-electron chi connectivity index (χ0n) is 12.4. The minimum Gasteiger partial charge on any atom is -0.344 e. The largest absolute Gasteiger partial charge is 0.344 e. The van der Waals surface area contributed by atoms with E-state index in [0.29, 0.717) is 13.0 Å². The van der Waals surface area contributed by atoms with Gasteiger partial charge in [-0.3, -0.25) is 0 Å². The van der Waals surface area contributed by atoms with Crippen molar-refractivity contribution >= 4 is 0 Å². The third-order valence-electron chi connectivity index (χ3n) is 4.55. The van der Waals surface area contributed by atoms with Gasteiger partial charge in [0, 0.05) is 19.3 Å². The van der Waals surface area contributed by atoms with Crippen LogP contribution in [0.4, 0.5) is 0 Å². The van der Waals surface area contributed by atoms with E-state index >= 15 is 0 Å². The normalized spacial score (nSPS) is 27.8. The van der Waals surface area contributed by atoms with E-state index in [0.717, 1.165) is 32.1 Å². The molecule has 0 amide bonds. The second-order valence-corrected chi connectivity index (χ2v) is 6.12. The summed E-state index contributed by atoms with van der Waals surface area (Å²) in [4.78, 5) is 10.4. The van der Waals surface area contributed by atoms with E-state index < -0.39 is 5.79 Å². The van der Waals surface area contributed by atoms with Crippen molar-refractivity contribution in [3.63, 3.8) is 0 Å². The fourth-order valence-electron chi connectivity index (χ4n) is 3.50. The van der Waals surface area contributed by atoms with Crippen molar-refractivity contribution in [3.05, 3.63) is 40.8 Å². The molecular formula is C17H23NO3. The minimum atomic E-state index is -0.398. The predicted octanol–water partition coefficient (Wildman–Crippen LogP) is 3.83. The van der Waals surface area contributed by atoms with Crippen molar-refractivity contribution in [2.24, 2.45) is 5.18 Å². The number of hydrogen-bond acceptors (Lipinski definition) is 4. The van der Waals surface area contributed by atoms with Gasteiger partial charge in [-0.15, -0.1) is 0 Å². The predicted molar refractivity (Wildman–Crippen MR) is 81.0 cm³/mol. The molecule has 1 spiro atoms. The summed E-state index contributed by atoms with van der Waals surface area (Å²) in [5.41, 5.74) is 1.25. The van der Waals surface area contributed by atoms with E-state index in [-0.39, 0.29) is 12.2 Å². The summed E-state index contributed by atoms with van der Waals surface area (Å²) < 4.78 is 12.6. The van der Waals surface area contributed by atoms with Crippen molar-refractivity contribution < 1.29 is 9.47 Å². The summed E-state index contributed by atoms with van der Waals surface area (Å²) in [5, 5.41) is 2.99. The summed E-state index contributed by atoms with van der Waals surface area (Å²) in [6, 6.07) is 10.3. The maximum Gasteiger partial charge on any atom is 0.169 e. The van der Waals surface area contributed by atoms with Crippen molar-refractivity contribution in [1.29, 1.82) is 0 Å². The van der Waals surface area contributed by atoms with Gasteiger partial charge in [-0.05, 0) is 24.8 Å². The summed E-state index contributed by atoms with van der Waals surface area (Å²) >= 11 is 0. The topological polar surface area (TPSA) is 47.9 Å². The first-order chi connectivity index (χ1) is 10.3. The Bertz CT molecular complexity index is 456. The highest BCUT2D eigenvalue weighted by atomic mass is 16.8. The molecule has 1 aliphatic heterocycles. The third-order valence-corrected chi connectivity index (χ3v) is 4.55. The lowest BCUT2D eigenvalue weighted by Gasteiger charge is -2.32. The van der Waals surface area contributed by atoms with E-state index in [1.807, 2.05) is 18.2 Å². The Morgan fingerprint density at radius 1 is 1.05 bits per heavy atom. The lowest BCUT2D eigenvalue weighted by molar-refractivity contribution is -0.194. The van der Waals surface area contributed by atoms with E-state index in [9.17, 15) is 4.91 Å². The number of rotatable bonds is 5. The molecule has 0 N–H and O–H groups in total. The molecule has 2 unspecified atom stereocenters. The second kappa shape index (κ2) is 6.67. The monoisotopic (exact) mass is 289 g/mol. The molecule has 114 valence electrons. The lowest BCUT2D eigenvalue weighted by Crippen LogP contribution is -2.33. The van der Waals surface area contributed by atoms with E-state index in [4.69, 9.17) is 9.47 Å². The molecule has 0 radical (unpaired) electrons. The Labute approximate surface area is 125 Å². The van der Waals surface area contributed by atoms with Gasteiger partial charge in [-0.1, -0.05) is 41.9 Å². The van der Waals surface area contributed by atoms with Crippen LogP contribution in [0, 0.1) is 4.91 Å². The minimum absolute atomic E-state index is 0.0130. The molecule has 0 aromatic heterocycles. The van der Waals surface area contributed by atoms with Crippen LogP contribution in [0.25, 0.3) is 0 Å². The van der Waals surface area contributed by atoms with Crippen molar-refractivity contribution in [3.8, 4) is 0 Å². The number of ether oxygens (including phenoxy) is 2. The summed E-state index contributed by atoms with van der Waals surface area (Å²) in [7, 11) is 0. The summed E-state index contributed by atoms with van der Waals surface area (Å²) in [6.07, 6.45) is 7.06. The smallest absolute Gasteiger partial charge is 0.169 e. The van der Waals surface area contributed by atoms with Gasteiger partial charge in [-0.2, -0.15) is 4.91 Å². The number of nitroso groups, excluding NO2 is 1. The van der Waals surface area contributed by atoms with Crippen LogP contribution in [0.1, 0.15) is 44.1 Å². The highest BCUT2D eigenvalue weighted by molar-refractivity contribution is 5.16. The zero-order chi connectivity index (χ0) is 14.5. The maximum atomic E-state index is 10.4. The molecule has 0 bridgehead atoms. The van der Waals surface area contributed by atoms with Crippen LogP contribution in [-0.4, -0.2) is 24.5 Å². The van der Waals surface area contributed by atoms with Gasteiger partial charge < -0.3 is 9.47 Å². The summed E-state index contributed by atoms with van der Waals surface area (Å²) in [5.74, 6) is -0.398. The van der Waals surface area contributed by atoms with Gasteiger partial charge in [-0.25, -0.2) is 0 Å². The van der Waals surface area contributed by atoms with E-state index in [1.165, 1.54) is 12.0 Å². The molecular weight excluding hydrogens is 266 g/mol. The molecule has 1 heterocycles. The molecule has 4 heteroatoms. The molecule has 2 fully saturated rings. The summed E-state index contributed by atoms with van der Waals surface area (Å²) in [6.45, 7) is 0.301. The van der Waals surface area contributed by atoms with Crippen LogP contribution in [0.2, 0.25) is 0 Å². The Morgan fingerprint density at radius 2 is 1.76 bits per heavy atom. The molecule has 1 aliphatic carbocycles. The van der Waals surface area contributed by atoms with E-state index in [1.54, 1.807) is 0 Å². The molecule has 2 atom stereocenters. The van der Waals surface area contributed by atoms with Crippen LogP contribution in [0.3, 0.4) is 0 Å². The highest BCUT2D eigenvalue weighted by Crippen LogP contribution is 2.42. The van der Waals surface area contributed by atoms with Crippen molar-refractivity contribution in [2.75, 3.05) is 6.54 Å². The molecule has 2 aliphatic rings. The van der Waals surface area contributed by atoms with Gasteiger partial charge in [0.1, 0.15) is 0 Å². The molecule has 21 heavy (non-hydrogen) atoms. The van der Waals surface area contributed by atoms with Crippen LogP contribution in [0.5, 0.6) is 0 Å². The average molecular weight is 289 g/mol. The first-order valence-electron chi connectivity index (χ1n) is 8.00. The first kappa shape index (κ1) is 14.7. The van der Waals surface area contributed by atoms with Gasteiger partial charge in [0.25, 0.3) is 0 Å². The Morgan fingerprint density at radius 3 is 2.48 bits per heavy atom. The fourth-order valence-corrected chi connectivity index (χ4v) is 3.50. The molecule has 1 saturated carbocycles. The average Bonchev–Trinajstić information content (AvgIpc) is 2.84. The fraction of sp³-hybridized carbons (Fsp3) is 0.647. The van der Waals surface area contributed by atoms with Crippen LogP contribution in [0.15, 0.2) is 35.5 Å². The van der Waals surface area contributed by atoms with Gasteiger partial charge in [0.05, 0.1) is 18.8 Å². The number of nitrogens with zero attached hydrogens (tertiary/aromatic N) is 1. The maximum absolute atomic E-state index is 10.4. The molecule has 1 aromatic rings. The standard InChI is InChI=1S/C17H23NO3/c19-18-12-9-15-16(13-14-7-3-1-4-8-14)21-17(20-15)10-5-2-6-11-17/h1,3-4,7-8,15-16H,2,5-6,9-13H2. The zero-order valence-corrected chi connectivity index (χ0v) is 12.4. The van der Waals surface area contributed by atoms with Crippen LogP contribution < -0.4 is 0 Å². The Hall–Kier alpha value is -1.26. The molecule has 4 nitrogen and oxygen atoms in total. The van der Waals surface area contributed by atoms with Crippen molar-refractivity contribution in [1.82, 2.24) is 0 Å². The first-order valence-corrected chi connectivity index (χ1v) is 8.00. The van der Waals surface area contributed by atoms with Gasteiger partial charge in [0.15, 0.2) is 5.79 Å².